The minimum Gasteiger partial charge on any atom is -0.479 e. The van der Waals surface area contributed by atoms with Crippen molar-refractivity contribution < 1.29 is 4.74 Å². The molecule has 0 radical (unpaired) electrons. The Kier molecular flexibility index (Phi) is 1.86. The zero-order chi connectivity index (χ0) is 5.82. The van der Waals surface area contributed by atoms with Gasteiger partial charge in [-0.1, -0.05) is 0 Å². The molecule has 0 bridgehead atoms. The first-order valence-corrected chi connectivity index (χ1v) is 2.79. The third kappa shape index (κ3) is 1.20. The van der Waals surface area contributed by atoms with E-state index >= 15 is 0 Å². The van der Waals surface area contributed by atoms with Crippen molar-refractivity contribution in [1.29, 1.82) is 0 Å². The predicted octanol–water partition coefficient (Wildman–Crippen LogP) is -0.236. The van der Waals surface area contributed by atoms with Crippen molar-refractivity contribution in [2.24, 2.45) is 10.7 Å². The van der Waals surface area contributed by atoms with Gasteiger partial charge in [-0.2, -0.15) is 0 Å². The lowest BCUT2D eigenvalue weighted by Gasteiger charge is -1.95. The summed E-state index contributed by atoms with van der Waals surface area (Å²) in [4.78, 5) is 4.04. The van der Waals surface area contributed by atoms with Gasteiger partial charge in [0, 0.05) is 13.0 Å². The maximum Gasteiger partial charge on any atom is 0.184 e. The molecule has 0 saturated carbocycles. The molecule has 0 aliphatic carbocycles. The molecular weight excluding hydrogens is 104 g/mol. The van der Waals surface area contributed by atoms with Crippen molar-refractivity contribution in [1.82, 2.24) is 0 Å². The normalized spacial score (nSPS) is 17.9. The van der Waals surface area contributed by atoms with E-state index in [-0.39, 0.29) is 0 Å². The summed E-state index contributed by atoms with van der Waals surface area (Å²) in [5.41, 5.74) is 5.25. The fraction of sp³-hybridized carbons (Fsp3) is 0.800. The third-order valence-electron chi connectivity index (χ3n) is 1.01. The van der Waals surface area contributed by atoms with Crippen molar-refractivity contribution in [3.8, 4) is 0 Å². The average Bonchev–Trinajstić information content (AvgIpc) is 2.19. The Bertz CT molecular complexity index is 101. The molecule has 3 nitrogen and oxygen atoms in total. The zero-order valence-electron chi connectivity index (χ0n) is 4.76. The summed E-state index contributed by atoms with van der Waals surface area (Å²) in [6.07, 6.45) is 0.792. The number of ether oxygens (including phenoxy) is 1. The van der Waals surface area contributed by atoms with Crippen LogP contribution in [0.25, 0.3) is 0 Å². The molecule has 0 aromatic rings. The van der Waals surface area contributed by atoms with Gasteiger partial charge in [-0.05, 0) is 0 Å². The Labute approximate surface area is 48.5 Å². The van der Waals surface area contributed by atoms with Crippen LogP contribution in [0.2, 0.25) is 0 Å². The summed E-state index contributed by atoms with van der Waals surface area (Å²) >= 11 is 0. The van der Waals surface area contributed by atoms with Gasteiger partial charge in [0.15, 0.2) is 5.90 Å². The second-order valence-corrected chi connectivity index (χ2v) is 1.66. The molecule has 8 heavy (non-hydrogen) atoms. The van der Waals surface area contributed by atoms with Gasteiger partial charge in [0.05, 0.1) is 6.54 Å². The van der Waals surface area contributed by atoms with Crippen molar-refractivity contribution in [2.75, 3.05) is 19.7 Å². The van der Waals surface area contributed by atoms with Gasteiger partial charge < -0.3 is 10.5 Å². The van der Waals surface area contributed by atoms with Crippen molar-refractivity contribution in [3.63, 3.8) is 0 Å². The Morgan fingerprint density at radius 1 is 1.75 bits per heavy atom. The minimum absolute atomic E-state index is 0.638. The first-order chi connectivity index (χ1) is 3.93. The zero-order valence-corrected chi connectivity index (χ0v) is 4.76. The van der Waals surface area contributed by atoms with E-state index in [1.807, 2.05) is 0 Å². The molecule has 2 N–H and O–H groups in total. The molecule has 1 aliphatic heterocycles. The first kappa shape index (κ1) is 5.56. The molecule has 0 aromatic heterocycles. The fourth-order valence-corrected chi connectivity index (χ4v) is 0.654. The first-order valence-electron chi connectivity index (χ1n) is 2.79. The van der Waals surface area contributed by atoms with E-state index in [9.17, 15) is 0 Å². The molecule has 0 fully saturated rings. The highest BCUT2D eigenvalue weighted by Crippen LogP contribution is 1.95. The Balaban J connectivity index is 2.23. The number of rotatable bonds is 2. The van der Waals surface area contributed by atoms with Crippen LogP contribution in [0.5, 0.6) is 0 Å². The molecule has 0 amide bonds. The van der Waals surface area contributed by atoms with Gasteiger partial charge in [0.2, 0.25) is 0 Å². The largest absolute Gasteiger partial charge is 0.479 e. The lowest BCUT2D eigenvalue weighted by atomic mass is 10.4. The standard InChI is InChI=1S/C5H10N2O/c6-2-1-5-7-3-4-8-5/h1-4,6H2. The number of aliphatic imine (C=N–C) groups is 1. The van der Waals surface area contributed by atoms with E-state index < -0.39 is 0 Å². The van der Waals surface area contributed by atoms with Gasteiger partial charge in [-0.3, -0.25) is 4.99 Å². The van der Waals surface area contributed by atoms with Gasteiger partial charge in [-0.15, -0.1) is 0 Å². The second-order valence-electron chi connectivity index (χ2n) is 1.66. The molecule has 0 unspecified atom stereocenters. The highest BCUT2D eigenvalue weighted by Gasteiger charge is 2.03. The highest BCUT2D eigenvalue weighted by atomic mass is 16.5. The average molecular weight is 114 g/mol. The van der Waals surface area contributed by atoms with Crippen LogP contribution in [-0.4, -0.2) is 25.6 Å². The summed E-state index contributed by atoms with van der Waals surface area (Å²) in [6, 6.07) is 0. The Morgan fingerprint density at radius 2 is 2.62 bits per heavy atom. The summed E-state index contributed by atoms with van der Waals surface area (Å²) in [6.45, 7) is 2.20. The van der Waals surface area contributed by atoms with Gasteiger partial charge in [0.1, 0.15) is 6.61 Å². The maximum absolute atomic E-state index is 5.25. The fourth-order valence-electron chi connectivity index (χ4n) is 0.654. The molecule has 0 atom stereocenters. The number of nitrogens with two attached hydrogens (primary N) is 1. The van der Waals surface area contributed by atoms with Crippen LogP contribution in [0.3, 0.4) is 0 Å². The lowest BCUT2D eigenvalue weighted by Crippen LogP contribution is -2.07. The molecule has 1 rings (SSSR count). The minimum atomic E-state index is 0.638. The maximum atomic E-state index is 5.25. The van der Waals surface area contributed by atoms with Gasteiger partial charge in [-0.25, -0.2) is 0 Å². The van der Waals surface area contributed by atoms with Gasteiger partial charge >= 0.3 is 0 Å². The van der Waals surface area contributed by atoms with Crippen molar-refractivity contribution in [2.45, 2.75) is 6.42 Å². The van der Waals surface area contributed by atoms with E-state index in [0.29, 0.717) is 6.54 Å². The van der Waals surface area contributed by atoms with Crippen LogP contribution in [0, 0.1) is 0 Å². The van der Waals surface area contributed by atoms with Crippen molar-refractivity contribution >= 4 is 5.90 Å². The topological polar surface area (TPSA) is 47.6 Å². The number of nitrogens with zero attached hydrogens (tertiary/aromatic N) is 1. The van der Waals surface area contributed by atoms with Crippen LogP contribution >= 0.6 is 0 Å². The second kappa shape index (κ2) is 2.67. The van der Waals surface area contributed by atoms with Crippen LogP contribution in [0.1, 0.15) is 6.42 Å². The summed E-state index contributed by atoms with van der Waals surface area (Å²) < 4.78 is 5.06. The monoisotopic (exact) mass is 114 g/mol. The molecule has 1 aliphatic rings. The van der Waals surface area contributed by atoms with Crippen LogP contribution in [0.15, 0.2) is 4.99 Å². The van der Waals surface area contributed by atoms with Crippen LogP contribution in [-0.2, 0) is 4.74 Å². The quantitative estimate of drug-likeness (QED) is 0.538. The molecule has 0 saturated heterocycles. The third-order valence-corrected chi connectivity index (χ3v) is 1.01. The molecule has 46 valence electrons. The van der Waals surface area contributed by atoms with Crippen molar-refractivity contribution in [3.05, 3.63) is 0 Å². The predicted molar refractivity (Wildman–Crippen MR) is 31.9 cm³/mol. The molecule has 0 spiro atoms. The lowest BCUT2D eigenvalue weighted by molar-refractivity contribution is 0.339. The van der Waals surface area contributed by atoms with E-state index in [1.165, 1.54) is 0 Å². The molecular formula is C5H10N2O. The Hall–Kier alpha value is -0.570. The highest BCUT2D eigenvalue weighted by molar-refractivity contribution is 5.77. The van der Waals surface area contributed by atoms with Gasteiger partial charge in [0.25, 0.3) is 0 Å². The number of hydrogen-bond donors (Lipinski definition) is 1. The van der Waals surface area contributed by atoms with E-state index in [2.05, 4.69) is 4.99 Å². The molecule has 3 heteroatoms. The Morgan fingerprint density at radius 3 is 3.12 bits per heavy atom. The summed E-state index contributed by atoms with van der Waals surface area (Å²) in [5.74, 6) is 0.826. The number of hydrogen-bond acceptors (Lipinski definition) is 3. The molecule has 0 aromatic carbocycles. The van der Waals surface area contributed by atoms with Crippen LogP contribution < -0.4 is 5.73 Å². The van der Waals surface area contributed by atoms with E-state index in [4.69, 9.17) is 10.5 Å². The summed E-state index contributed by atoms with van der Waals surface area (Å²) in [7, 11) is 0. The van der Waals surface area contributed by atoms with E-state index in [0.717, 1.165) is 25.5 Å². The SMILES string of the molecule is NCCC1=NCCO1. The van der Waals surface area contributed by atoms with Crippen LogP contribution in [0.4, 0.5) is 0 Å². The van der Waals surface area contributed by atoms with E-state index in [1.54, 1.807) is 0 Å². The molecule has 1 heterocycles. The summed E-state index contributed by atoms with van der Waals surface area (Å²) in [5, 5.41) is 0. The smallest absolute Gasteiger partial charge is 0.184 e.